The second-order valence-electron chi connectivity index (χ2n) is 3.82. The molecule has 0 bridgehead atoms. The van der Waals surface area contributed by atoms with E-state index >= 15 is 0 Å². The van der Waals surface area contributed by atoms with E-state index in [1.165, 1.54) is 29.9 Å². The lowest BCUT2D eigenvalue weighted by atomic mass is 10.5. The lowest BCUT2D eigenvalue weighted by molar-refractivity contribution is 0.525. The molecule has 2 heteroatoms. The summed E-state index contributed by atoms with van der Waals surface area (Å²) in [6.07, 6.45) is 1.79. The molecule has 0 atom stereocenters. The van der Waals surface area contributed by atoms with Crippen molar-refractivity contribution in [3.63, 3.8) is 0 Å². The molecule has 0 radical (unpaired) electrons. The number of furan rings is 1. The Bertz CT molecular complexity index is 216. The van der Waals surface area contributed by atoms with Gasteiger partial charge in [-0.15, -0.1) is 0 Å². The molecule has 1 nitrogen and oxygen atoms in total. The van der Waals surface area contributed by atoms with Crippen molar-refractivity contribution in [1.82, 2.24) is 0 Å². The van der Waals surface area contributed by atoms with Crippen LogP contribution in [0.4, 0.5) is 0 Å². The summed E-state index contributed by atoms with van der Waals surface area (Å²) in [6.45, 7) is 7.01. The average Bonchev–Trinajstić information content (AvgIpc) is 2.67. The maximum atomic E-state index is 5.43. The van der Waals surface area contributed by atoms with Crippen molar-refractivity contribution in [2.45, 2.75) is 44.9 Å². The standard InChI is InChI=1S/C11H20OSi/c1-4-13(5-2,6-3)10-11-8-7-9-12-11/h7-9H,4-6,10H2,1-3H3. The molecule has 0 fully saturated rings. The molecule has 1 aromatic heterocycles. The molecule has 1 aromatic rings. The molecule has 0 saturated carbocycles. The Labute approximate surface area is 82.2 Å². The zero-order chi connectivity index (χ0) is 9.73. The third-order valence-electron chi connectivity index (χ3n) is 3.38. The van der Waals surface area contributed by atoms with Crippen molar-refractivity contribution in [1.29, 1.82) is 0 Å². The van der Waals surface area contributed by atoms with Crippen molar-refractivity contribution in [3.8, 4) is 0 Å². The van der Waals surface area contributed by atoms with Crippen molar-refractivity contribution < 1.29 is 4.42 Å². The molecule has 0 unspecified atom stereocenters. The van der Waals surface area contributed by atoms with Gasteiger partial charge in [-0.2, -0.15) is 0 Å². The van der Waals surface area contributed by atoms with Crippen LogP contribution >= 0.6 is 0 Å². The van der Waals surface area contributed by atoms with E-state index in [2.05, 4.69) is 26.8 Å². The van der Waals surface area contributed by atoms with Crippen LogP contribution in [-0.2, 0) is 6.04 Å². The molecular weight excluding hydrogens is 176 g/mol. The SMILES string of the molecule is CC[Si](CC)(CC)Cc1ccco1. The summed E-state index contributed by atoms with van der Waals surface area (Å²) in [5.41, 5.74) is 0. The molecule has 0 N–H and O–H groups in total. The highest BCUT2D eigenvalue weighted by molar-refractivity contribution is 6.79. The molecular formula is C11H20OSi. The summed E-state index contributed by atoms with van der Waals surface area (Å²) in [6, 6.07) is 9.46. The van der Waals surface area contributed by atoms with Crippen LogP contribution in [0.1, 0.15) is 26.5 Å². The monoisotopic (exact) mass is 196 g/mol. The van der Waals surface area contributed by atoms with Gasteiger partial charge >= 0.3 is 0 Å². The molecule has 0 spiro atoms. The van der Waals surface area contributed by atoms with E-state index in [-0.39, 0.29) is 0 Å². The number of rotatable bonds is 5. The molecule has 1 rings (SSSR count). The first-order valence-electron chi connectivity index (χ1n) is 5.28. The van der Waals surface area contributed by atoms with E-state index < -0.39 is 8.07 Å². The number of hydrogen-bond acceptors (Lipinski definition) is 1. The van der Waals surface area contributed by atoms with E-state index in [0.717, 1.165) is 0 Å². The second kappa shape index (κ2) is 4.65. The van der Waals surface area contributed by atoms with Crippen LogP contribution in [0, 0.1) is 0 Å². The van der Waals surface area contributed by atoms with Gasteiger partial charge in [0.2, 0.25) is 0 Å². The van der Waals surface area contributed by atoms with Crippen molar-refractivity contribution >= 4 is 8.07 Å². The quantitative estimate of drug-likeness (QED) is 0.652. The highest BCUT2D eigenvalue weighted by atomic mass is 28.3. The Kier molecular flexibility index (Phi) is 3.79. The van der Waals surface area contributed by atoms with Gasteiger partial charge in [-0.3, -0.25) is 0 Å². The van der Waals surface area contributed by atoms with Gasteiger partial charge in [0.15, 0.2) is 0 Å². The summed E-state index contributed by atoms with van der Waals surface area (Å²) in [4.78, 5) is 0. The Balaban J connectivity index is 2.67. The highest BCUT2D eigenvalue weighted by Gasteiger charge is 2.27. The second-order valence-corrected chi connectivity index (χ2v) is 9.29. The van der Waals surface area contributed by atoms with Crippen molar-refractivity contribution in [3.05, 3.63) is 24.2 Å². The molecule has 13 heavy (non-hydrogen) atoms. The van der Waals surface area contributed by atoms with Gasteiger partial charge in [0.1, 0.15) is 5.76 Å². The van der Waals surface area contributed by atoms with Crippen LogP contribution < -0.4 is 0 Å². The largest absolute Gasteiger partial charge is 0.470 e. The molecule has 0 aliphatic carbocycles. The van der Waals surface area contributed by atoms with Crippen LogP contribution in [0.2, 0.25) is 18.1 Å². The molecule has 74 valence electrons. The molecule has 1 heterocycles. The fourth-order valence-corrected chi connectivity index (χ4v) is 5.10. The van der Waals surface area contributed by atoms with E-state index in [1.807, 2.05) is 6.07 Å². The maximum absolute atomic E-state index is 5.43. The van der Waals surface area contributed by atoms with E-state index in [4.69, 9.17) is 4.42 Å². The number of hydrogen-bond donors (Lipinski definition) is 0. The van der Waals surface area contributed by atoms with Crippen LogP contribution in [0.5, 0.6) is 0 Å². The lowest BCUT2D eigenvalue weighted by Gasteiger charge is -2.26. The summed E-state index contributed by atoms with van der Waals surface area (Å²) in [7, 11) is -1.02. The lowest BCUT2D eigenvalue weighted by Crippen LogP contribution is -2.34. The third kappa shape index (κ3) is 2.47. The Morgan fingerprint density at radius 2 is 1.77 bits per heavy atom. The van der Waals surface area contributed by atoms with Crippen molar-refractivity contribution in [2.24, 2.45) is 0 Å². The normalized spacial score (nSPS) is 11.9. The minimum atomic E-state index is -1.02. The smallest absolute Gasteiger partial charge is 0.101 e. The van der Waals surface area contributed by atoms with Crippen LogP contribution in [-0.4, -0.2) is 8.07 Å². The zero-order valence-electron chi connectivity index (χ0n) is 8.97. The van der Waals surface area contributed by atoms with E-state index in [0.29, 0.717) is 0 Å². The Morgan fingerprint density at radius 1 is 1.15 bits per heavy atom. The fraction of sp³-hybridized carbons (Fsp3) is 0.636. The van der Waals surface area contributed by atoms with Gasteiger partial charge in [-0.25, -0.2) is 0 Å². The Hall–Kier alpha value is -0.503. The summed E-state index contributed by atoms with van der Waals surface area (Å²) in [5.74, 6) is 1.19. The molecule has 0 aliphatic heterocycles. The van der Waals surface area contributed by atoms with Crippen LogP contribution in [0.15, 0.2) is 22.8 Å². The van der Waals surface area contributed by atoms with Gasteiger partial charge in [-0.05, 0) is 12.1 Å². The third-order valence-corrected chi connectivity index (χ3v) is 8.98. The van der Waals surface area contributed by atoms with E-state index in [9.17, 15) is 0 Å². The predicted molar refractivity (Wildman–Crippen MR) is 59.6 cm³/mol. The van der Waals surface area contributed by atoms with Gasteiger partial charge in [0.05, 0.1) is 14.3 Å². The molecule has 0 amide bonds. The fourth-order valence-electron chi connectivity index (χ4n) is 1.91. The average molecular weight is 196 g/mol. The maximum Gasteiger partial charge on any atom is 0.101 e. The van der Waals surface area contributed by atoms with Crippen LogP contribution in [0.3, 0.4) is 0 Å². The first-order chi connectivity index (χ1) is 6.26. The topological polar surface area (TPSA) is 13.1 Å². The van der Waals surface area contributed by atoms with Crippen molar-refractivity contribution in [2.75, 3.05) is 0 Å². The minimum absolute atomic E-state index is 1.02. The first-order valence-corrected chi connectivity index (χ1v) is 8.11. The summed E-state index contributed by atoms with van der Waals surface area (Å²) >= 11 is 0. The predicted octanol–water partition coefficient (Wildman–Crippen LogP) is 3.87. The van der Waals surface area contributed by atoms with E-state index in [1.54, 1.807) is 6.26 Å². The molecule has 0 aliphatic rings. The summed E-state index contributed by atoms with van der Waals surface area (Å²) in [5, 5.41) is 0. The van der Waals surface area contributed by atoms with Gasteiger partial charge in [0, 0.05) is 6.04 Å². The van der Waals surface area contributed by atoms with Gasteiger partial charge in [-0.1, -0.05) is 38.9 Å². The van der Waals surface area contributed by atoms with Gasteiger partial charge in [0.25, 0.3) is 0 Å². The first kappa shape index (κ1) is 10.6. The van der Waals surface area contributed by atoms with Gasteiger partial charge < -0.3 is 4.42 Å². The molecule has 0 aromatic carbocycles. The van der Waals surface area contributed by atoms with Crippen LogP contribution in [0.25, 0.3) is 0 Å². The molecule has 0 saturated heterocycles. The zero-order valence-corrected chi connectivity index (χ0v) is 9.97. The summed E-state index contributed by atoms with van der Waals surface area (Å²) < 4.78 is 5.43. The Morgan fingerprint density at radius 3 is 2.15 bits per heavy atom. The minimum Gasteiger partial charge on any atom is -0.470 e. The highest BCUT2D eigenvalue weighted by Crippen LogP contribution is 2.24.